The maximum absolute atomic E-state index is 10.8. The third-order valence-corrected chi connectivity index (χ3v) is 1.94. The Hall–Kier alpha value is -2.28. The molecule has 1 amide bonds. The topological polar surface area (TPSA) is 81.0 Å². The molecule has 0 saturated carbocycles. The summed E-state index contributed by atoms with van der Waals surface area (Å²) in [5.41, 5.74) is 7.30. The number of amides is 1. The molecular weight excluding hydrogens is 178 g/mol. The van der Waals surface area contributed by atoms with Crippen LogP contribution in [0.3, 0.4) is 0 Å². The molecule has 67 valence electrons. The van der Waals surface area contributed by atoms with Crippen LogP contribution in [0.15, 0.2) is 23.9 Å². The molecule has 4 heteroatoms. The monoisotopic (exact) mass is 184 g/mol. The van der Waals surface area contributed by atoms with Gasteiger partial charge in [-0.1, -0.05) is 0 Å². The van der Waals surface area contributed by atoms with Crippen LogP contribution in [0, 0.1) is 11.3 Å². The van der Waals surface area contributed by atoms with Crippen molar-refractivity contribution >= 4 is 17.7 Å². The second kappa shape index (κ2) is 2.89. The fourth-order valence-electron chi connectivity index (χ4n) is 1.28. The zero-order valence-corrected chi connectivity index (χ0v) is 7.19. The van der Waals surface area contributed by atoms with E-state index in [1.807, 2.05) is 6.07 Å². The SMILES string of the molecule is N#Cc1ccc2c(c1)C=C(C(N)=O)[N]2. The lowest BCUT2D eigenvalue weighted by molar-refractivity contribution is -0.114. The third kappa shape index (κ3) is 1.21. The standard InChI is InChI=1S/C10H6N3O/c11-5-6-1-2-8-7(3-6)4-9(13-8)10(12)14/h1-4H,(H2,12,14). The minimum Gasteiger partial charge on any atom is -0.364 e. The van der Waals surface area contributed by atoms with Gasteiger partial charge in [-0.3, -0.25) is 4.79 Å². The Morgan fingerprint density at radius 3 is 2.93 bits per heavy atom. The summed E-state index contributed by atoms with van der Waals surface area (Å²) in [6, 6.07) is 7.04. The highest BCUT2D eigenvalue weighted by atomic mass is 16.1. The zero-order chi connectivity index (χ0) is 10.1. The number of hydrogen-bond acceptors (Lipinski definition) is 2. The van der Waals surface area contributed by atoms with Crippen LogP contribution in [0.25, 0.3) is 6.08 Å². The van der Waals surface area contributed by atoms with Gasteiger partial charge in [-0.25, -0.2) is 5.32 Å². The van der Waals surface area contributed by atoms with Crippen LogP contribution < -0.4 is 11.1 Å². The van der Waals surface area contributed by atoms with Crippen LogP contribution in [-0.2, 0) is 4.79 Å². The molecule has 4 nitrogen and oxygen atoms in total. The number of nitriles is 1. The Morgan fingerprint density at radius 2 is 2.29 bits per heavy atom. The number of benzene rings is 1. The molecule has 1 heterocycles. The van der Waals surface area contributed by atoms with Crippen molar-refractivity contribution < 1.29 is 4.79 Å². The van der Waals surface area contributed by atoms with E-state index in [2.05, 4.69) is 5.32 Å². The molecule has 1 aliphatic rings. The lowest BCUT2D eigenvalue weighted by Gasteiger charge is -1.97. The van der Waals surface area contributed by atoms with Crippen molar-refractivity contribution in [1.82, 2.24) is 5.32 Å². The van der Waals surface area contributed by atoms with Gasteiger partial charge in [-0.05, 0) is 24.3 Å². The van der Waals surface area contributed by atoms with Crippen molar-refractivity contribution in [2.75, 3.05) is 0 Å². The van der Waals surface area contributed by atoms with Crippen LogP contribution in [-0.4, -0.2) is 5.91 Å². The fraction of sp³-hybridized carbons (Fsp3) is 0. The van der Waals surface area contributed by atoms with Crippen LogP contribution in [0.1, 0.15) is 11.1 Å². The lowest BCUT2D eigenvalue weighted by atomic mass is 10.1. The molecule has 1 aromatic carbocycles. The first-order chi connectivity index (χ1) is 6.70. The molecule has 2 N–H and O–H groups in total. The molecule has 0 saturated heterocycles. The highest BCUT2D eigenvalue weighted by molar-refractivity contribution is 6.00. The van der Waals surface area contributed by atoms with Gasteiger partial charge in [0, 0.05) is 5.56 Å². The van der Waals surface area contributed by atoms with Crippen molar-refractivity contribution in [2.45, 2.75) is 0 Å². The van der Waals surface area contributed by atoms with Crippen LogP contribution in [0.4, 0.5) is 5.69 Å². The van der Waals surface area contributed by atoms with Crippen molar-refractivity contribution in [2.24, 2.45) is 5.73 Å². The van der Waals surface area contributed by atoms with E-state index in [0.717, 1.165) is 5.56 Å². The van der Waals surface area contributed by atoms with E-state index in [1.54, 1.807) is 24.3 Å². The van der Waals surface area contributed by atoms with Gasteiger partial charge in [0.1, 0.15) is 5.70 Å². The van der Waals surface area contributed by atoms with Gasteiger partial charge < -0.3 is 5.73 Å². The number of nitrogens with zero attached hydrogens (tertiary/aromatic N) is 2. The molecule has 1 aromatic rings. The summed E-state index contributed by atoms with van der Waals surface area (Å²) in [4.78, 5) is 10.8. The molecule has 0 atom stereocenters. The number of hydrogen-bond donors (Lipinski definition) is 1. The Labute approximate surface area is 80.6 Å². The summed E-state index contributed by atoms with van der Waals surface area (Å²) in [5, 5.41) is 12.7. The largest absolute Gasteiger partial charge is 0.364 e. The number of primary amides is 1. The maximum Gasteiger partial charge on any atom is 0.267 e. The first-order valence-corrected chi connectivity index (χ1v) is 3.98. The second-order valence-corrected chi connectivity index (χ2v) is 2.89. The molecule has 1 radical (unpaired) electrons. The van der Waals surface area contributed by atoms with E-state index in [1.165, 1.54) is 0 Å². The van der Waals surface area contributed by atoms with E-state index >= 15 is 0 Å². The molecule has 0 aromatic heterocycles. The molecule has 0 aliphatic carbocycles. The van der Waals surface area contributed by atoms with Crippen LogP contribution in [0.5, 0.6) is 0 Å². The fourth-order valence-corrected chi connectivity index (χ4v) is 1.28. The van der Waals surface area contributed by atoms with Crippen LogP contribution in [0.2, 0.25) is 0 Å². The number of nitrogens with two attached hydrogens (primary N) is 1. The quantitative estimate of drug-likeness (QED) is 0.694. The Kier molecular flexibility index (Phi) is 1.72. The van der Waals surface area contributed by atoms with Crippen molar-refractivity contribution in [3.63, 3.8) is 0 Å². The summed E-state index contributed by atoms with van der Waals surface area (Å²) >= 11 is 0. The lowest BCUT2D eigenvalue weighted by Crippen LogP contribution is -2.16. The normalized spacial score (nSPS) is 12.4. The van der Waals surface area contributed by atoms with Crippen LogP contribution >= 0.6 is 0 Å². The summed E-state index contributed by atoms with van der Waals surface area (Å²) in [6.45, 7) is 0. The second-order valence-electron chi connectivity index (χ2n) is 2.89. The molecule has 0 spiro atoms. The van der Waals surface area contributed by atoms with Gasteiger partial charge in [-0.2, -0.15) is 5.26 Å². The van der Waals surface area contributed by atoms with Gasteiger partial charge >= 0.3 is 0 Å². The molecule has 1 aliphatic heterocycles. The van der Waals surface area contributed by atoms with Gasteiger partial charge in [0.15, 0.2) is 0 Å². The first-order valence-electron chi connectivity index (χ1n) is 3.98. The number of fused-ring (bicyclic) bond motifs is 1. The number of carbonyl (C=O) groups is 1. The summed E-state index contributed by atoms with van der Waals surface area (Å²) in [7, 11) is 0. The van der Waals surface area contributed by atoms with E-state index in [0.29, 0.717) is 11.3 Å². The molecule has 0 bridgehead atoms. The van der Waals surface area contributed by atoms with Gasteiger partial charge in [-0.15, -0.1) is 0 Å². The van der Waals surface area contributed by atoms with E-state index in [9.17, 15) is 4.79 Å². The number of carbonyl (C=O) groups excluding carboxylic acids is 1. The molecular formula is C10H6N3O. The number of rotatable bonds is 1. The van der Waals surface area contributed by atoms with Gasteiger partial charge in [0.05, 0.1) is 17.3 Å². The van der Waals surface area contributed by atoms with E-state index in [4.69, 9.17) is 11.0 Å². The zero-order valence-electron chi connectivity index (χ0n) is 7.19. The summed E-state index contributed by atoms with van der Waals surface area (Å²) < 4.78 is 0. The molecule has 0 unspecified atom stereocenters. The molecule has 2 rings (SSSR count). The van der Waals surface area contributed by atoms with E-state index in [-0.39, 0.29) is 5.70 Å². The van der Waals surface area contributed by atoms with Gasteiger partial charge in [0.25, 0.3) is 5.91 Å². The average molecular weight is 184 g/mol. The third-order valence-electron chi connectivity index (χ3n) is 1.94. The summed E-state index contributed by atoms with van der Waals surface area (Å²) in [6.07, 6.45) is 1.58. The Balaban J connectivity index is 2.45. The van der Waals surface area contributed by atoms with Crippen molar-refractivity contribution in [3.05, 3.63) is 35.0 Å². The minimum atomic E-state index is -0.556. The Morgan fingerprint density at radius 1 is 1.50 bits per heavy atom. The van der Waals surface area contributed by atoms with Crippen molar-refractivity contribution in [1.29, 1.82) is 5.26 Å². The molecule has 14 heavy (non-hydrogen) atoms. The highest BCUT2D eigenvalue weighted by Gasteiger charge is 2.17. The first kappa shape index (κ1) is 8.32. The van der Waals surface area contributed by atoms with Gasteiger partial charge in [0.2, 0.25) is 0 Å². The predicted molar refractivity (Wildman–Crippen MR) is 50.1 cm³/mol. The average Bonchev–Trinajstić information content (AvgIpc) is 2.59. The minimum absolute atomic E-state index is 0.232. The van der Waals surface area contributed by atoms with E-state index < -0.39 is 5.91 Å². The summed E-state index contributed by atoms with van der Waals surface area (Å²) in [5.74, 6) is -0.556. The predicted octanol–water partition coefficient (Wildman–Crippen LogP) is 0.634. The highest BCUT2D eigenvalue weighted by Crippen LogP contribution is 2.27. The van der Waals surface area contributed by atoms with Crippen molar-refractivity contribution in [3.8, 4) is 6.07 Å². The molecule has 0 fully saturated rings. The maximum atomic E-state index is 10.8. The smallest absolute Gasteiger partial charge is 0.267 e. The Bertz CT molecular complexity index is 483.